The molecular formula is C15H23F3N2O4. The van der Waals surface area contributed by atoms with Gasteiger partial charge in [0.1, 0.15) is 5.60 Å². The van der Waals surface area contributed by atoms with Crippen molar-refractivity contribution in [1.29, 1.82) is 0 Å². The standard InChI is InChI=1S/C15H23F3N2O4/c1-13(2,3)24-12(23)20-9-10(21)8-14(20)4-6-19(7-5-14)11(22)15(16,17)18/h10,21H,4-9H2,1-3H3. The highest BCUT2D eigenvalue weighted by atomic mass is 19.4. The first-order chi connectivity index (χ1) is 10.8. The molecule has 1 unspecified atom stereocenters. The number of alkyl halides is 3. The Hall–Kier alpha value is -1.51. The molecular weight excluding hydrogens is 329 g/mol. The first-order valence-electron chi connectivity index (χ1n) is 7.89. The van der Waals surface area contributed by atoms with Crippen molar-refractivity contribution in [3.05, 3.63) is 0 Å². The predicted molar refractivity (Wildman–Crippen MR) is 78.2 cm³/mol. The fourth-order valence-electron chi connectivity index (χ4n) is 3.38. The highest BCUT2D eigenvalue weighted by Gasteiger charge is 2.52. The molecule has 0 aromatic rings. The number of likely N-dealkylation sites (tertiary alicyclic amines) is 2. The normalized spacial score (nSPS) is 24.4. The molecule has 0 aliphatic carbocycles. The van der Waals surface area contributed by atoms with Gasteiger partial charge in [0.05, 0.1) is 18.2 Å². The van der Waals surface area contributed by atoms with Gasteiger partial charge in [-0.25, -0.2) is 4.79 Å². The molecule has 2 aliphatic heterocycles. The van der Waals surface area contributed by atoms with Gasteiger partial charge in [-0.15, -0.1) is 0 Å². The number of rotatable bonds is 0. The van der Waals surface area contributed by atoms with Crippen LogP contribution >= 0.6 is 0 Å². The van der Waals surface area contributed by atoms with Crippen LogP contribution in [0.2, 0.25) is 0 Å². The number of ether oxygens (including phenoxy) is 1. The molecule has 2 rings (SSSR count). The zero-order chi connectivity index (χ0) is 18.3. The fourth-order valence-corrected chi connectivity index (χ4v) is 3.38. The van der Waals surface area contributed by atoms with E-state index < -0.39 is 35.4 Å². The van der Waals surface area contributed by atoms with Crippen LogP contribution in [0.1, 0.15) is 40.0 Å². The Kier molecular flexibility index (Phi) is 4.78. The van der Waals surface area contributed by atoms with Crippen molar-refractivity contribution in [2.75, 3.05) is 19.6 Å². The van der Waals surface area contributed by atoms with E-state index in [2.05, 4.69) is 0 Å². The molecule has 6 nitrogen and oxygen atoms in total. The van der Waals surface area contributed by atoms with Gasteiger partial charge < -0.3 is 14.7 Å². The third-order valence-corrected chi connectivity index (χ3v) is 4.42. The van der Waals surface area contributed by atoms with Crippen LogP contribution in [0.3, 0.4) is 0 Å². The minimum Gasteiger partial charge on any atom is -0.444 e. The van der Waals surface area contributed by atoms with Crippen molar-refractivity contribution >= 4 is 12.0 Å². The first kappa shape index (κ1) is 18.8. The van der Waals surface area contributed by atoms with E-state index in [1.165, 1.54) is 4.90 Å². The minimum atomic E-state index is -4.90. The molecule has 0 radical (unpaired) electrons. The van der Waals surface area contributed by atoms with Gasteiger partial charge in [0.25, 0.3) is 0 Å². The number of carbonyl (C=O) groups is 2. The van der Waals surface area contributed by atoms with Crippen molar-refractivity contribution in [3.8, 4) is 0 Å². The van der Waals surface area contributed by atoms with Gasteiger partial charge in [0, 0.05) is 13.1 Å². The molecule has 2 heterocycles. The molecule has 0 saturated carbocycles. The Balaban J connectivity index is 2.09. The number of carbonyl (C=O) groups excluding carboxylic acids is 2. The van der Waals surface area contributed by atoms with Crippen molar-refractivity contribution < 1.29 is 32.6 Å². The lowest BCUT2D eigenvalue weighted by Crippen LogP contribution is -2.57. The van der Waals surface area contributed by atoms with Gasteiger partial charge >= 0.3 is 18.2 Å². The number of aliphatic hydroxyl groups excluding tert-OH is 1. The Morgan fingerprint density at radius 2 is 1.71 bits per heavy atom. The molecule has 1 N–H and O–H groups in total. The van der Waals surface area contributed by atoms with E-state index in [-0.39, 0.29) is 38.9 Å². The Morgan fingerprint density at radius 1 is 1.17 bits per heavy atom. The smallest absolute Gasteiger partial charge is 0.444 e. The average Bonchev–Trinajstić information content (AvgIpc) is 2.73. The number of aliphatic hydroxyl groups is 1. The van der Waals surface area contributed by atoms with Crippen molar-refractivity contribution in [3.63, 3.8) is 0 Å². The Morgan fingerprint density at radius 3 is 2.17 bits per heavy atom. The maximum Gasteiger partial charge on any atom is 0.471 e. The van der Waals surface area contributed by atoms with Crippen LogP contribution in [0.5, 0.6) is 0 Å². The number of nitrogens with zero attached hydrogens (tertiary/aromatic N) is 2. The number of halogens is 3. The third-order valence-electron chi connectivity index (χ3n) is 4.42. The van der Waals surface area contributed by atoms with Gasteiger partial charge in [-0.05, 0) is 40.0 Å². The van der Waals surface area contributed by atoms with Crippen LogP contribution in [0.25, 0.3) is 0 Å². The van der Waals surface area contributed by atoms with Crippen molar-refractivity contribution in [1.82, 2.24) is 9.80 Å². The monoisotopic (exact) mass is 352 g/mol. The molecule has 9 heteroatoms. The topological polar surface area (TPSA) is 70.1 Å². The number of piperidine rings is 1. The zero-order valence-corrected chi connectivity index (χ0v) is 14.0. The number of amides is 2. The summed E-state index contributed by atoms with van der Waals surface area (Å²) in [5.41, 5.74) is -1.47. The molecule has 0 bridgehead atoms. The third kappa shape index (κ3) is 3.93. The van der Waals surface area contributed by atoms with Crippen LogP contribution < -0.4 is 0 Å². The maximum absolute atomic E-state index is 12.5. The SMILES string of the molecule is CC(C)(C)OC(=O)N1CC(O)CC12CCN(C(=O)C(F)(F)F)CC2. The lowest BCUT2D eigenvalue weighted by Gasteiger charge is -2.44. The van der Waals surface area contributed by atoms with Crippen LogP contribution in [0.4, 0.5) is 18.0 Å². The summed E-state index contributed by atoms with van der Waals surface area (Å²) in [6.45, 7) is 5.02. The summed E-state index contributed by atoms with van der Waals surface area (Å²) in [4.78, 5) is 25.9. The molecule has 24 heavy (non-hydrogen) atoms. The van der Waals surface area contributed by atoms with Crippen molar-refractivity contribution in [2.24, 2.45) is 0 Å². The van der Waals surface area contributed by atoms with Crippen LogP contribution in [0, 0.1) is 0 Å². The van der Waals surface area contributed by atoms with Crippen LogP contribution in [-0.4, -0.2) is 70.0 Å². The quantitative estimate of drug-likeness (QED) is 0.723. The summed E-state index contributed by atoms with van der Waals surface area (Å²) in [6.07, 6.45) is -5.59. The molecule has 1 spiro atoms. The molecule has 0 aromatic carbocycles. The number of hydrogen-bond acceptors (Lipinski definition) is 4. The second-order valence-electron chi connectivity index (χ2n) is 7.46. The summed E-state index contributed by atoms with van der Waals surface area (Å²) < 4.78 is 43.0. The van der Waals surface area contributed by atoms with Crippen LogP contribution in [0.15, 0.2) is 0 Å². The van der Waals surface area contributed by atoms with E-state index in [0.717, 1.165) is 4.90 Å². The molecule has 2 saturated heterocycles. The Bertz CT molecular complexity index is 508. The van der Waals surface area contributed by atoms with E-state index in [4.69, 9.17) is 4.74 Å². The number of hydrogen-bond donors (Lipinski definition) is 1. The predicted octanol–water partition coefficient (Wildman–Crippen LogP) is 1.91. The fraction of sp³-hybridized carbons (Fsp3) is 0.867. The average molecular weight is 352 g/mol. The lowest BCUT2D eigenvalue weighted by molar-refractivity contribution is -0.187. The second kappa shape index (κ2) is 6.09. The van der Waals surface area contributed by atoms with E-state index in [1.807, 2.05) is 0 Å². The minimum absolute atomic E-state index is 0.0854. The molecule has 138 valence electrons. The zero-order valence-electron chi connectivity index (χ0n) is 14.0. The van der Waals surface area contributed by atoms with Gasteiger partial charge in [-0.3, -0.25) is 9.69 Å². The van der Waals surface area contributed by atoms with E-state index in [9.17, 15) is 27.9 Å². The molecule has 0 aromatic heterocycles. The summed E-state index contributed by atoms with van der Waals surface area (Å²) >= 11 is 0. The summed E-state index contributed by atoms with van der Waals surface area (Å²) in [7, 11) is 0. The van der Waals surface area contributed by atoms with E-state index in [0.29, 0.717) is 0 Å². The summed E-state index contributed by atoms with van der Waals surface area (Å²) in [6, 6.07) is 0. The number of β-amino-alcohol motifs (C(OH)–C–C–N with tert-alkyl or cyclic N) is 1. The highest BCUT2D eigenvalue weighted by Crippen LogP contribution is 2.40. The van der Waals surface area contributed by atoms with E-state index >= 15 is 0 Å². The maximum atomic E-state index is 12.5. The van der Waals surface area contributed by atoms with Gasteiger partial charge in [-0.2, -0.15) is 13.2 Å². The lowest BCUT2D eigenvalue weighted by atomic mass is 9.84. The largest absolute Gasteiger partial charge is 0.471 e. The molecule has 2 aliphatic rings. The Labute approximate surface area is 138 Å². The molecule has 2 fully saturated rings. The second-order valence-corrected chi connectivity index (χ2v) is 7.46. The van der Waals surface area contributed by atoms with Crippen LogP contribution in [-0.2, 0) is 9.53 Å². The van der Waals surface area contributed by atoms with Crippen molar-refractivity contribution in [2.45, 2.75) is 63.5 Å². The first-order valence-corrected chi connectivity index (χ1v) is 7.89. The highest BCUT2D eigenvalue weighted by molar-refractivity contribution is 5.82. The molecule has 2 amide bonds. The van der Waals surface area contributed by atoms with Gasteiger partial charge in [0.2, 0.25) is 0 Å². The summed E-state index contributed by atoms with van der Waals surface area (Å²) in [5.74, 6) is -1.86. The summed E-state index contributed by atoms with van der Waals surface area (Å²) in [5, 5.41) is 9.96. The van der Waals surface area contributed by atoms with Gasteiger partial charge in [0.15, 0.2) is 0 Å². The van der Waals surface area contributed by atoms with Gasteiger partial charge in [-0.1, -0.05) is 0 Å². The van der Waals surface area contributed by atoms with E-state index in [1.54, 1.807) is 20.8 Å². The molecule has 1 atom stereocenters.